The third-order valence-corrected chi connectivity index (χ3v) is 4.97. The van der Waals surface area contributed by atoms with Crippen molar-refractivity contribution in [3.8, 4) is 0 Å². The molecular formula is C21H31N5O4. The third kappa shape index (κ3) is 4.83. The van der Waals surface area contributed by atoms with Gasteiger partial charge in [-0.3, -0.25) is 0 Å². The van der Waals surface area contributed by atoms with E-state index in [2.05, 4.69) is 15.4 Å². The molecule has 2 aromatic heterocycles. The Labute approximate surface area is 176 Å². The van der Waals surface area contributed by atoms with Crippen LogP contribution in [0.3, 0.4) is 0 Å². The van der Waals surface area contributed by atoms with Crippen molar-refractivity contribution in [3.63, 3.8) is 0 Å². The molecule has 30 heavy (non-hydrogen) atoms. The molecule has 1 aliphatic heterocycles. The SMILES string of the molecule is CCOC(=O)c1cnc2c(cnn2CC)c1NCC1CCN(C(=O)OC(C)(C)C)C1. The highest BCUT2D eigenvalue weighted by Crippen LogP contribution is 2.28. The summed E-state index contributed by atoms with van der Waals surface area (Å²) in [6.07, 6.45) is 3.84. The number of likely N-dealkylation sites (tertiary alicyclic amines) is 1. The molecule has 1 saturated heterocycles. The number of carbonyl (C=O) groups excluding carboxylic acids is 2. The van der Waals surface area contributed by atoms with Gasteiger partial charge >= 0.3 is 12.1 Å². The van der Waals surface area contributed by atoms with Crippen LogP contribution in [0.4, 0.5) is 10.5 Å². The molecule has 3 heterocycles. The number of amides is 1. The first kappa shape index (κ1) is 21.9. The number of nitrogens with zero attached hydrogens (tertiary/aromatic N) is 4. The van der Waals surface area contributed by atoms with Crippen molar-refractivity contribution in [1.29, 1.82) is 0 Å². The highest BCUT2D eigenvalue weighted by molar-refractivity contribution is 6.04. The van der Waals surface area contributed by atoms with Gasteiger partial charge in [-0.2, -0.15) is 5.10 Å². The lowest BCUT2D eigenvalue weighted by molar-refractivity contribution is 0.0288. The first-order valence-corrected chi connectivity index (χ1v) is 10.5. The minimum atomic E-state index is -0.510. The van der Waals surface area contributed by atoms with Gasteiger partial charge in [0.2, 0.25) is 0 Å². The molecule has 1 unspecified atom stereocenters. The van der Waals surface area contributed by atoms with E-state index < -0.39 is 11.6 Å². The molecule has 0 aliphatic carbocycles. The van der Waals surface area contributed by atoms with Gasteiger partial charge in [0.1, 0.15) is 11.2 Å². The highest BCUT2D eigenvalue weighted by atomic mass is 16.6. The summed E-state index contributed by atoms with van der Waals surface area (Å²) >= 11 is 0. The van der Waals surface area contributed by atoms with Crippen molar-refractivity contribution in [2.45, 2.75) is 53.2 Å². The van der Waals surface area contributed by atoms with Crippen molar-refractivity contribution in [2.24, 2.45) is 5.92 Å². The van der Waals surface area contributed by atoms with E-state index in [1.807, 2.05) is 27.7 Å². The lowest BCUT2D eigenvalue weighted by atomic mass is 10.1. The number of nitrogens with one attached hydrogen (secondary N) is 1. The molecule has 0 spiro atoms. The molecule has 1 amide bonds. The van der Waals surface area contributed by atoms with Crippen LogP contribution in [0.2, 0.25) is 0 Å². The number of aryl methyl sites for hydroxylation is 1. The summed E-state index contributed by atoms with van der Waals surface area (Å²) in [5.41, 5.74) is 1.27. The van der Waals surface area contributed by atoms with Gasteiger partial charge in [-0.1, -0.05) is 0 Å². The topological polar surface area (TPSA) is 98.6 Å². The van der Waals surface area contributed by atoms with Crippen molar-refractivity contribution >= 4 is 28.8 Å². The quantitative estimate of drug-likeness (QED) is 0.720. The zero-order chi connectivity index (χ0) is 21.9. The number of hydrogen-bond acceptors (Lipinski definition) is 7. The zero-order valence-electron chi connectivity index (χ0n) is 18.4. The second-order valence-electron chi connectivity index (χ2n) is 8.43. The van der Waals surface area contributed by atoms with Crippen LogP contribution in [0.1, 0.15) is 51.4 Å². The van der Waals surface area contributed by atoms with E-state index in [0.717, 1.165) is 17.5 Å². The summed E-state index contributed by atoms with van der Waals surface area (Å²) in [6.45, 7) is 12.2. The summed E-state index contributed by atoms with van der Waals surface area (Å²) in [4.78, 5) is 30.9. The van der Waals surface area contributed by atoms with Crippen LogP contribution in [0.15, 0.2) is 12.4 Å². The predicted molar refractivity (Wildman–Crippen MR) is 114 cm³/mol. The van der Waals surface area contributed by atoms with Gasteiger partial charge in [-0.15, -0.1) is 0 Å². The van der Waals surface area contributed by atoms with Crippen molar-refractivity contribution in [3.05, 3.63) is 18.0 Å². The van der Waals surface area contributed by atoms with Crippen LogP contribution >= 0.6 is 0 Å². The maximum Gasteiger partial charge on any atom is 0.410 e. The highest BCUT2D eigenvalue weighted by Gasteiger charge is 2.30. The van der Waals surface area contributed by atoms with E-state index in [9.17, 15) is 9.59 Å². The van der Waals surface area contributed by atoms with Gasteiger partial charge < -0.3 is 19.7 Å². The molecule has 164 valence electrons. The number of anilines is 1. The minimum Gasteiger partial charge on any atom is -0.462 e. The molecular weight excluding hydrogens is 386 g/mol. The Bertz CT molecular complexity index is 918. The van der Waals surface area contributed by atoms with E-state index in [4.69, 9.17) is 9.47 Å². The molecule has 0 radical (unpaired) electrons. The van der Waals surface area contributed by atoms with Crippen molar-refractivity contribution in [1.82, 2.24) is 19.7 Å². The Morgan fingerprint density at radius 1 is 1.27 bits per heavy atom. The maximum atomic E-state index is 12.5. The average molecular weight is 418 g/mol. The molecule has 1 aliphatic rings. The van der Waals surface area contributed by atoms with Crippen LogP contribution in [-0.2, 0) is 16.0 Å². The number of aromatic nitrogens is 3. The van der Waals surface area contributed by atoms with Crippen LogP contribution < -0.4 is 5.32 Å². The summed E-state index contributed by atoms with van der Waals surface area (Å²) in [5.74, 6) is -0.169. The summed E-state index contributed by atoms with van der Waals surface area (Å²) in [5, 5.41) is 8.55. The first-order valence-electron chi connectivity index (χ1n) is 10.5. The molecule has 1 atom stereocenters. The number of ether oxygens (including phenoxy) is 2. The van der Waals surface area contributed by atoms with Crippen molar-refractivity contribution < 1.29 is 19.1 Å². The van der Waals surface area contributed by atoms with Gasteiger partial charge in [-0.25, -0.2) is 19.3 Å². The molecule has 1 fully saturated rings. The smallest absolute Gasteiger partial charge is 0.410 e. The Balaban J connectivity index is 1.75. The standard InChI is InChI=1S/C21H31N5O4/c1-6-26-18-15(12-24-26)17(16(11-23-18)19(27)29-7-2)22-10-14-8-9-25(13-14)20(28)30-21(3,4)5/h11-12,14H,6-10,13H2,1-5H3,(H,22,23). The molecule has 3 rings (SSSR count). The number of hydrogen-bond donors (Lipinski definition) is 1. The monoisotopic (exact) mass is 417 g/mol. The molecule has 1 N–H and O–H groups in total. The first-order chi connectivity index (χ1) is 14.2. The number of pyridine rings is 1. The summed E-state index contributed by atoms with van der Waals surface area (Å²) in [6, 6.07) is 0. The van der Waals surface area contributed by atoms with Crippen molar-refractivity contribution in [2.75, 3.05) is 31.6 Å². The third-order valence-electron chi connectivity index (χ3n) is 4.97. The molecule has 0 bridgehead atoms. The van der Waals surface area contributed by atoms with E-state index in [1.165, 1.54) is 6.20 Å². The Kier molecular flexibility index (Phi) is 6.48. The van der Waals surface area contributed by atoms with Crippen LogP contribution in [0.5, 0.6) is 0 Å². The molecule has 0 aromatic carbocycles. The largest absolute Gasteiger partial charge is 0.462 e. The van der Waals surface area contributed by atoms with Gasteiger partial charge in [0.25, 0.3) is 0 Å². The summed E-state index contributed by atoms with van der Waals surface area (Å²) in [7, 11) is 0. The van der Waals surface area contributed by atoms with E-state index >= 15 is 0 Å². The molecule has 2 aromatic rings. The fourth-order valence-electron chi connectivity index (χ4n) is 3.55. The number of carbonyl (C=O) groups is 2. The fraction of sp³-hybridized carbons (Fsp3) is 0.619. The normalized spacial score (nSPS) is 16.7. The van der Waals surface area contributed by atoms with E-state index in [1.54, 1.807) is 22.7 Å². The Morgan fingerprint density at radius 3 is 2.70 bits per heavy atom. The second kappa shape index (κ2) is 8.89. The van der Waals surface area contributed by atoms with E-state index in [-0.39, 0.29) is 18.6 Å². The predicted octanol–water partition coefficient (Wildman–Crippen LogP) is 3.30. The summed E-state index contributed by atoms with van der Waals surface area (Å²) < 4.78 is 12.5. The van der Waals surface area contributed by atoms with Crippen LogP contribution in [0.25, 0.3) is 11.0 Å². The number of esters is 1. The second-order valence-corrected chi connectivity index (χ2v) is 8.43. The number of fused-ring (bicyclic) bond motifs is 1. The maximum absolute atomic E-state index is 12.5. The zero-order valence-corrected chi connectivity index (χ0v) is 18.4. The van der Waals surface area contributed by atoms with Crippen LogP contribution in [0, 0.1) is 5.92 Å². The van der Waals surface area contributed by atoms with Gasteiger partial charge in [0.15, 0.2) is 5.65 Å². The molecule has 0 saturated carbocycles. The minimum absolute atomic E-state index is 0.247. The Hall–Kier alpha value is -2.84. The lowest BCUT2D eigenvalue weighted by Gasteiger charge is -2.24. The fourth-order valence-corrected chi connectivity index (χ4v) is 3.55. The van der Waals surface area contributed by atoms with Gasteiger partial charge in [0, 0.05) is 32.4 Å². The molecule has 9 nitrogen and oxygen atoms in total. The van der Waals surface area contributed by atoms with Crippen LogP contribution in [-0.4, -0.2) is 63.6 Å². The number of rotatable bonds is 6. The average Bonchev–Trinajstić information content (AvgIpc) is 3.31. The lowest BCUT2D eigenvalue weighted by Crippen LogP contribution is -2.35. The Morgan fingerprint density at radius 2 is 2.03 bits per heavy atom. The van der Waals surface area contributed by atoms with Gasteiger partial charge in [-0.05, 0) is 47.0 Å². The molecule has 9 heteroatoms. The van der Waals surface area contributed by atoms with E-state index in [0.29, 0.717) is 37.4 Å². The van der Waals surface area contributed by atoms with Gasteiger partial charge in [0.05, 0.1) is 23.9 Å².